The van der Waals surface area contributed by atoms with Gasteiger partial charge >= 0.3 is 12.0 Å². The smallest absolute Gasteiger partial charge is 0.325 e. The monoisotopic (exact) mass is 381 g/mol. The average Bonchev–Trinajstić information content (AvgIpc) is 3.14. The van der Waals surface area contributed by atoms with E-state index in [1.165, 1.54) is 0 Å². The lowest BCUT2D eigenvalue weighted by Gasteiger charge is -2.18. The fourth-order valence-electron chi connectivity index (χ4n) is 3.09. The van der Waals surface area contributed by atoms with Gasteiger partial charge in [-0.15, -0.1) is 0 Å². The van der Waals surface area contributed by atoms with Crippen molar-refractivity contribution in [1.82, 2.24) is 10.6 Å². The van der Waals surface area contributed by atoms with E-state index in [1.807, 2.05) is 36.4 Å². The fourth-order valence-corrected chi connectivity index (χ4v) is 3.09. The molecule has 7 nitrogen and oxygen atoms in total. The molecule has 3 amide bonds. The number of anilines is 1. The fraction of sp³-hybridized carbons (Fsp3) is 0.286. The van der Waals surface area contributed by atoms with E-state index in [-0.39, 0.29) is 25.6 Å². The van der Waals surface area contributed by atoms with Crippen LogP contribution < -0.4 is 15.5 Å². The summed E-state index contributed by atoms with van der Waals surface area (Å²) in [6.45, 7) is 2.73. The van der Waals surface area contributed by atoms with Gasteiger partial charge in [0, 0.05) is 24.3 Å². The number of amides is 3. The molecule has 3 rings (SSSR count). The van der Waals surface area contributed by atoms with Crippen LogP contribution in [0, 0.1) is 0 Å². The van der Waals surface area contributed by atoms with Crippen molar-refractivity contribution < 1.29 is 19.1 Å². The van der Waals surface area contributed by atoms with E-state index >= 15 is 0 Å². The first kappa shape index (κ1) is 19.4. The number of fused-ring (bicyclic) bond motifs is 1. The van der Waals surface area contributed by atoms with Gasteiger partial charge in [0.2, 0.25) is 0 Å². The molecule has 0 fully saturated rings. The Morgan fingerprint density at radius 1 is 1.07 bits per heavy atom. The maximum absolute atomic E-state index is 12.8. The Morgan fingerprint density at radius 2 is 1.86 bits per heavy atom. The number of nitrogens with zero attached hydrogens (tertiary/aromatic N) is 1. The maximum Gasteiger partial charge on any atom is 0.325 e. The van der Waals surface area contributed by atoms with Crippen LogP contribution in [0.3, 0.4) is 0 Å². The summed E-state index contributed by atoms with van der Waals surface area (Å²) in [7, 11) is 0. The van der Waals surface area contributed by atoms with Crippen LogP contribution in [0.25, 0.3) is 0 Å². The minimum Gasteiger partial charge on any atom is -0.465 e. The lowest BCUT2D eigenvalue weighted by molar-refractivity contribution is -0.141. The Morgan fingerprint density at radius 3 is 2.61 bits per heavy atom. The zero-order valence-corrected chi connectivity index (χ0v) is 15.7. The minimum atomic E-state index is -0.481. The molecular weight excluding hydrogens is 358 g/mol. The molecule has 1 aliphatic rings. The summed E-state index contributed by atoms with van der Waals surface area (Å²) in [5, 5.41) is 5.15. The van der Waals surface area contributed by atoms with Gasteiger partial charge in [0.05, 0.1) is 6.61 Å². The van der Waals surface area contributed by atoms with Gasteiger partial charge in [-0.05, 0) is 42.7 Å². The van der Waals surface area contributed by atoms with Crippen LogP contribution in [-0.4, -0.2) is 37.6 Å². The Balaban J connectivity index is 1.61. The van der Waals surface area contributed by atoms with Gasteiger partial charge in [-0.3, -0.25) is 9.59 Å². The zero-order chi connectivity index (χ0) is 19.9. The Bertz CT molecular complexity index is 867. The highest BCUT2D eigenvalue weighted by Gasteiger charge is 2.25. The number of carbonyl (C=O) groups is 3. The van der Waals surface area contributed by atoms with Crippen LogP contribution in [0.4, 0.5) is 10.5 Å². The lowest BCUT2D eigenvalue weighted by atomic mass is 10.1. The van der Waals surface area contributed by atoms with Gasteiger partial charge in [-0.25, -0.2) is 4.79 Å². The highest BCUT2D eigenvalue weighted by Crippen LogP contribution is 2.30. The quantitative estimate of drug-likeness (QED) is 0.752. The maximum atomic E-state index is 12.8. The van der Waals surface area contributed by atoms with Gasteiger partial charge in [0.15, 0.2) is 0 Å². The van der Waals surface area contributed by atoms with E-state index in [0.29, 0.717) is 12.1 Å². The highest BCUT2D eigenvalue weighted by molar-refractivity contribution is 6.07. The van der Waals surface area contributed by atoms with E-state index in [0.717, 1.165) is 23.2 Å². The Hall–Kier alpha value is -3.35. The van der Waals surface area contributed by atoms with Crippen LogP contribution in [-0.2, 0) is 22.5 Å². The van der Waals surface area contributed by atoms with Crippen LogP contribution >= 0.6 is 0 Å². The molecule has 0 spiro atoms. The number of hydrogen-bond donors (Lipinski definition) is 2. The van der Waals surface area contributed by atoms with Crippen LogP contribution in [0.15, 0.2) is 48.5 Å². The van der Waals surface area contributed by atoms with Crippen molar-refractivity contribution in [2.45, 2.75) is 19.9 Å². The van der Waals surface area contributed by atoms with E-state index in [9.17, 15) is 14.4 Å². The first-order valence-electron chi connectivity index (χ1n) is 9.24. The van der Waals surface area contributed by atoms with Crippen molar-refractivity contribution in [3.63, 3.8) is 0 Å². The molecule has 0 atom stereocenters. The molecule has 0 saturated carbocycles. The number of esters is 1. The van der Waals surface area contributed by atoms with Crippen LogP contribution in [0.5, 0.6) is 0 Å². The van der Waals surface area contributed by atoms with Crippen molar-refractivity contribution in [2.24, 2.45) is 0 Å². The summed E-state index contributed by atoms with van der Waals surface area (Å²) >= 11 is 0. The second-order valence-corrected chi connectivity index (χ2v) is 6.38. The van der Waals surface area contributed by atoms with Crippen molar-refractivity contribution in [1.29, 1.82) is 0 Å². The van der Waals surface area contributed by atoms with Gasteiger partial charge < -0.3 is 20.3 Å². The Kier molecular flexibility index (Phi) is 6.26. The standard InChI is InChI=1S/C21H23N3O4/c1-2-28-19(25)14-23-21(27)22-13-15-8-9-16-10-11-24(18(16)12-15)20(26)17-6-4-3-5-7-17/h3-9,12H,2,10-11,13-14H2,1H3,(H2,22,23,27). The molecule has 7 heteroatoms. The average molecular weight is 381 g/mol. The molecule has 28 heavy (non-hydrogen) atoms. The molecule has 2 N–H and O–H groups in total. The number of benzene rings is 2. The normalized spacial score (nSPS) is 12.2. The molecule has 1 heterocycles. The van der Waals surface area contributed by atoms with Crippen molar-refractivity contribution in [3.05, 3.63) is 65.2 Å². The van der Waals surface area contributed by atoms with Crippen molar-refractivity contribution in [2.75, 3.05) is 24.6 Å². The number of urea groups is 1. The van der Waals surface area contributed by atoms with Gasteiger partial charge in [-0.2, -0.15) is 0 Å². The summed E-state index contributed by atoms with van der Waals surface area (Å²) in [6, 6.07) is 14.6. The molecule has 2 aromatic carbocycles. The second-order valence-electron chi connectivity index (χ2n) is 6.38. The first-order chi connectivity index (χ1) is 13.6. The number of rotatable bonds is 6. The number of carbonyl (C=O) groups excluding carboxylic acids is 3. The third-order valence-corrected chi connectivity index (χ3v) is 4.46. The molecule has 0 bridgehead atoms. The number of ether oxygens (including phenoxy) is 1. The van der Waals surface area contributed by atoms with Crippen LogP contribution in [0.2, 0.25) is 0 Å². The number of nitrogens with one attached hydrogen (secondary N) is 2. The predicted octanol–water partition coefficient (Wildman–Crippen LogP) is 2.25. The lowest BCUT2D eigenvalue weighted by Crippen LogP contribution is -2.38. The van der Waals surface area contributed by atoms with Gasteiger partial charge in [0.1, 0.15) is 6.54 Å². The van der Waals surface area contributed by atoms with Crippen molar-refractivity contribution >= 4 is 23.6 Å². The van der Waals surface area contributed by atoms with Gasteiger partial charge in [0.25, 0.3) is 5.91 Å². The summed E-state index contributed by atoms with van der Waals surface area (Å²) in [4.78, 5) is 37.7. The predicted molar refractivity (Wildman–Crippen MR) is 105 cm³/mol. The molecule has 146 valence electrons. The molecule has 0 aromatic heterocycles. The van der Waals surface area contributed by atoms with E-state index in [2.05, 4.69) is 10.6 Å². The number of hydrogen-bond acceptors (Lipinski definition) is 4. The molecule has 0 saturated heterocycles. The largest absolute Gasteiger partial charge is 0.465 e. The molecule has 0 aliphatic carbocycles. The second kappa shape index (κ2) is 9.03. The zero-order valence-electron chi connectivity index (χ0n) is 15.7. The molecule has 1 aliphatic heterocycles. The summed E-state index contributed by atoms with van der Waals surface area (Å²) in [5.41, 5.74) is 3.51. The minimum absolute atomic E-state index is 0.0309. The van der Waals surface area contributed by atoms with Crippen LogP contribution in [0.1, 0.15) is 28.4 Å². The van der Waals surface area contributed by atoms with E-state index < -0.39 is 12.0 Å². The summed E-state index contributed by atoms with van der Waals surface area (Å²) < 4.78 is 4.76. The molecule has 0 radical (unpaired) electrons. The van der Waals surface area contributed by atoms with Crippen molar-refractivity contribution in [3.8, 4) is 0 Å². The van der Waals surface area contributed by atoms with E-state index in [4.69, 9.17) is 4.74 Å². The molecular formula is C21H23N3O4. The van der Waals surface area contributed by atoms with Gasteiger partial charge in [-0.1, -0.05) is 30.3 Å². The topological polar surface area (TPSA) is 87.7 Å². The summed E-state index contributed by atoms with van der Waals surface area (Å²) in [6.07, 6.45) is 0.807. The summed E-state index contributed by atoms with van der Waals surface area (Å²) in [5.74, 6) is -0.512. The highest BCUT2D eigenvalue weighted by atomic mass is 16.5. The Labute approximate surface area is 163 Å². The third kappa shape index (κ3) is 4.68. The first-order valence-corrected chi connectivity index (χ1v) is 9.24. The van der Waals surface area contributed by atoms with E-state index in [1.54, 1.807) is 24.0 Å². The molecule has 2 aromatic rings. The molecule has 0 unspecified atom stereocenters. The SMILES string of the molecule is CCOC(=O)CNC(=O)NCc1ccc2c(c1)N(C(=O)c1ccccc1)CC2. The third-order valence-electron chi connectivity index (χ3n) is 4.46.